The lowest BCUT2D eigenvalue weighted by atomic mass is 9.95. The minimum absolute atomic E-state index is 0.165. The maximum absolute atomic E-state index is 11.5. The monoisotopic (exact) mass is 207 g/mol. The number of ketones is 1. The molecule has 84 valence electrons. The molecule has 1 rings (SSSR count). The molecule has 0 aliphatic carbocycles. The minimum atomic E-state index is 0.165. The smallest absolute Gasteiger partial charge is 0.161 e. The summed E-state index contributed by atoms with van der Waals surface area (Å²) in [5.41, 5.74) is 4.30. The Balaban J connectivity index is 3.22. The molecule has 0 unspecified atom stereocenters. The van der Waals surface area contributed by atoms with Crippen LogP contribution in [0.3, 0.4) is 0 Å². The van der Waals surface area contributed by atoms with Gasteiger partial charge in [-0.2, -0.15) is 0 Å². The number of carbonyl (C=O) groups excluding carboxylic acids is 1. The lowest BCUT2D eigenvalue weighted by molar-refractivity contribution is 0.101. The number of Topliss-reactive ketones (excluding diaryl/α,β-unsaturated/α-hetero) is 1. The number of carbonyl (C=O) groups is 1. The Morgan fingerprint density at radius 1 is 1.27 bits per heavy atom. The van der Waals surface area contributed by atoms with Gasteiger partial charge in [-0.25, -0.2) is 0 Å². The summed E-state index contributed by atoms with van der Waals surface area (Å²) < 4.78 is 0. The number of aromatic amines is 1. The molecule has 0 amide bonds. The second kappa shape index (κ2) is 4.65. The molecule has 0 fully saturated rings. The van der Waals surface area contributed by atoms with E-state index in [1.807, 2.05) is 13.8 Å². The van der Waals surface area contributed by atoms with Crippen LogP contribution >= 0.6 is 0 Å². The quantitative estimate of drug-likeness (QED) is 0.749. The van der Waals surface area contributed by atoms with Crippen molar-refractivity contribution in [2.45, 2.75) is 53.4 Å². The number of H-pyrrole nitrogens is 1. The summed E-state index contributed by atoms with van der Waals surface area (Å²) in [6.45, 7) is 10.1. The second-order valence-electron chi connectivity index (χ2n) is 4.23. The van der Waals surface area contributed by atoms with Gasteiger partial charge in [0.05, 0.1) is 0 Å². The van der Waals surface area contributed by atoms with Crippen LogP contribution in [0.1, 0.15) is 66.8 Å². The lowest BCUT2D eigenvalue weighted by Gasteiger charge is -2.11. The molecule has 0 aromatic carbocycles. The Hall–Kier alpha value is -1.05. The molecule has 1 aromatic rings. The third-order valence-electron chi connectivity index (χ3n) is 3.22. The number of aromatic nitrogens is 1. The van der Waals surface area contributed by atoms with Crippen molar-refractivity contribution in [2.75, 3.05) is 0 Å². The number of aryl methyl sites for hydroxylation is 1. The summed E-state index contributed by atoms with van der Waals surface area (Å²) in [6.07, 6.45) is 2.24. The van der Waals surface area contributed by atoms with E-state index in [0.717, 1.165) is 29.7 Å². The van der Waals surface area contributed by atoms with E-state index in [4.69, 9.17) is 0 Å². The highest BCUT2D eigenvalue weighted by Crippen LogP contribution is 2.29. The van der Waals surface area contributed by atoms with E-state index in [1.165, 1.54) is 5.69 Å². The summed E-state index contributed by atoms with van der Waals surface area (Å²) in [4.78, 5) is 14.9. The fraction of sp³-hybridized carbons (Fsp3) is 0.615. The molecular formula is C13H21NO. The molecule has 2 heteroatoms. The number of hydrogen-bond acceptors (Lipinski definition) is 1. The molecule has 1 heterocycles. The number of rotatable bonds is 4. The topological polar surface area (TPSA) is 32.9 Å². The van der Waals surface area contributed by atoms with Gasteiger partial charge < -0.3 is 4.98 Å². The maximum Gasteiger partial charge on any atom is 0.161 e. The first-order chi connectivity index (χ1) is 7.02. The Bertz CT molecular complexity index is 359. The van der Waals surface area contributed by atoms with Crippen LogP contribution in [0, 0.1) is 13.8 Å². The highest BCUT2D eigenvalue weighted by molar-refractivity contribution is 5.97. The second-order valence-corrected chi connectivity index (χ2v) is 4.23. The van der Waals surface area contributed by atoms with Gasteiger partial charge in [-0.05, 0) is 45.1 Å². The highest BCUT2D eigenvalue weighted by Gasteiger charge is 2.19. The molecule has 15 heavy (non-hydrogen) atoms. The fourth-order valence-corrected chi connectivity index (χ4v) is 2.41. The van der Waals surface area contributed by atoms with Crippen molar-refractivity contribution in [2.24, 2.45) is 0 Å². The van der Waals surface area contributed by atoms with Crippen molar-refractivity contribution in [1.29, 1.82) is 0 Å². The molecular weight excluding hydrogens is 186 g/mol. The largest absolute Gasteiger partial charge is 0.361 e. The van der Waals surface area contributed by atoms with Crippen LogP contribution in [0.5, 0.6) is 0 Å². The van der Waals surface area contributed by atoms with Crippen molar-refractivity contribution >= 4 is 5.78 Å². The molecule has 2 nitrogen and oxygen atoms in total. The highest BCUT2D eigenvalue weighted by atomic mass is 16.1. The van der Waals surface area contributed by atoms with Crippen LogP contribution in [0.2, 0.25) is 0 Å². The van der Waals surface area contributed by atoms with Crippen LogP contribution in [0.25, 0.3) is 0 Å². The van der Waals surface area contributed by atoms with Gasteiger partial charge in [-0.15, -0.1) is 0 Å². The van der Waals surface area contributed by atoms with Crippen LogP contribution in [-0.2, 0) is 0 Å². The standard InChI is InChI=1S/C13H21NO/c1-6-11(7-2)13-8(3)12(10(5)15)9(4)14-13/h11,14H,6-7H2,1-5H3. The van der Waals surface area contributed by atoms with Crippen molar-refractivity contribution < 1.29 is 4.79 Å². The molecule has 0 atom stereocenters. The fourth-order valence-electron chi connectivity index (χ4n) is 2.41. The van der Waals surface area contributed by atoms with Gasteiger partial charge in [0.25, 0.3) is 0 Å². The summed E-state index contributed by atoms with van der Waals surface area (Å²) >= 11 is 0. The van der Waals surface area contributed by atoms with E-state index in [2.05, 4.69) is 18.8 Å². The summed E-state index contributed by atoms with van der Waals surface area (Å²) in [7, 11) is 0. The average molecular weight is 207 g/mol. The number of hydrogen-bond donors (Lipinski definition) is 1. The van der Waals surface area contributed by atoms with E-state index in [0.29, 0.717) is 5.92 Å². The van der Waals surface area contributed by atoms with E-state index >= 15 is 0 Å². The minimum Gasteiger partial charge on any atom is -0.361 e. The zero-order valence-corrected chi connectivity index (χ0v) is 10.4. The third kappa shape index (κ3) is 2.14. The molecule has 0 saturated heterocycles. The van der Waals surface area contributed by atoms with E-state index < -0.39 is 0 Å². The first-order valence-corrected chi connectivity index (χ1v) is 5.72. The molecule has 0 bridgehead atoms. The Morgan fingerprint density at radius 3 is 2.13 bits per heavy atom. The molecule has 0 radical (unpaired) electrons. The SMILES string of the molecule is CCC(CC)c1[nH]c(C)c(C(C)=O)c1C. The first-order valence-electron chi connectivity index (χ1n) is 5.72. The molecule has 1 N–H and O–H groups in total. The number of nitrogens with one attached hydrogen (secondary N) is 1. The molecule has 0 aliphatic heterocycles. The average Bonchev–Trinajstić information content (AvgIpc) is 2.44. The van der Waals surface area contributed by atoms with Crippen LogP contribution < -0.4 is 0 Å². The first kappa shape index (κ1) is 12.0. The Morgan fingerprint density at radius 2 is 1.80 bits per heavy atom. The normalized spacial score (nSPS) is 11.1. The predicted octanol–water partition coefficient (Wildman–Crippen LogP) is 3.74. The van der Waals surface area contributed by atoms with Crippen molar-refractivity contribution in [3.8, 4) is 0 Å². The van der Waals surface area contributed by atoms with E-state index in [9.17, 15) is 4.79 Å². The summed E-state index contributed by atoms with van der Waals surface area (Å²) in [6, 6.07) is 0. The zero-order valence-electron chi connectivity index (χ0n) is 10.4. The zero-order chi connectivity index (χ0) is 11.6. The lowest BCUT2D eigenvalue weighted by Crippen LogP contribution is -1.99. The Labute approximate surface area is 92.1 Å². The van der Waals surface area contributed by atoms with Crippen molar-refractivity contribution in [1.82, 2.24) is 4.98 Å². The predicted molar refractivity (Wildman–Crippen MR) is 63.6 cm³/mol. The summed E-state index contributed by atoms with van der Waals surface area (Å²) in [5, 5.41) is 0. The van der Waals surface area contributed by atoms with Gasteiger partial charge in [0.2, 0.25) is 0 Å². The van der Waals surface area contributed by atoms with Gasteiger partial charge >= 0.3 is 0 Å². The van der Waals surface area contributed by atoms with Gasteiger partial charge in [0, 0.05) is 17.0 Å². The third-order valence-corrected chi connectivity index (χ3v) is 3.22. The molecule has 0 spiro atoms. The maximum atomic E-state index is 11.5. The summed E-state index contributed by atoms with van der Waals surface area (Å²) in [5.74, 6) is 0.718. The van der Waals surface area contributed by atoms with Gasteiger partial charge in [0.1, 0.15) is 0 Å². The van der Waals surface area contributed by atoms with Gasteiger partial charge in [-0.3, -0.25) is 4.79 Å². The van der Waals surface area contributed by atoms with Crippen molar-refractivity contribution in [3.05, 3.63) is 22.5 Å². The van der Waals surface area contributed by atoms with Crippen LogP contribution in [-0.4, -0.2) is 10.8 Å². The van der Waals surface area contributed by atoms with E-state index in [-0.39, 0.29) is 5.78 Å². The van der Waals surface area contributed by atoms with Crippen molar-refractivity contribution in [3.63, 3.8) is 0 Å². The van der Waals surface area contributed by atoms with E-state index in [1.54, 1.807) is 6.92 Å². The van der Waals surface area contributed by atoms with Crippen LogP contribution in [0.15, 0.2) is 0 Å². The van der Waals surface area contributed by atoms with Gasteiger partial charge in [0.15, 0.2) is 5.78 Å². The molecule has 0 aliphatic rings. The molecule has 0 saturated carbocycles. The van der Waals surface area contributed by atoms with Crippen LogP contribution in [0.4, 0.5) is 0 Å². The molecule has 1 aromatic heterocycles. The Kier molecular flexibility index (Phi) is 3.72. The van der Waals surface area contributed by atoms with Gasteiger partial charge in [-0.1, -0.05) is 13.8 Å².